The van der Waals surface area contributed by atoms with Crippen LogP contribution in [0.3, 0.4) is 0 Å². The van der Waals surface area contributed by atoms with Gasteiger partial charge in [0, 0.05) is 11.8 Å². The summed E-state index contributed by atoms with van der Waals surface area (Å²) in [5.41, 5.74) is 5.77. The van der Waals surface area contributed by atoms with Crippen LogP contribution in [0, 0.1) is 26.6 Å². The van der Waals surface area contributed by atoms with E-state index in [1.807, 2.05) is 12.1 Å². The minimum Gasteiger partial charge on any atom is -0.207 e. The predicted molar refractivity (Wildman–Crippen MR) is 84.2 cm³/mol. The van der Waals surface area contributed by atoms with Crippen molar-refractivity contribution < 1.29 is 4.39 Å². The first-order chi connectivity index (χ1) is 9.52. The van der Waals surface area contributed by atoms with Crippen molar-refractivity contribution in [1.82, 2.24) is 0 Å². The first kappa shape index (κ1) is 15.1. The highest BCUT2D eigenvalue weighted by molar-refractivity contribution is 6.18. The van der Waals surface area contributed by atoms with Gasteiger partial charge in [-0.15, -0.1) is 11.6 Å². The molecule has 20 heavy (non-hydrogen) atoms. The Kier molecular flexibility index (Phi) is 4.82. The van der Waals surface area contributed by atoms with Gasteiger partial charge in [0.15, 0.2) is 0 Å². The van der Waals surface area contributed by atoms with Crippen molar-refractivity contribution in [3.8, 4) is 0 Å². The lowest BCUT2D eigenvalue weighted by Crippen LogP contribution is -2.09. The molecular weight excluding hydrogens is 271 g/mol. The average molecular weight is 291 g/mol. The standard InChI is InChI=1S/C18H20ClF/c1-12-8-13(2)17(14(3)9-12)10-15(11-19)16-6-4-5-7-18(16)20/h4-9,15H,10-11H2,1-3H3. The number of hydrogen-bond donors (Lipinski definition) is 0. The van der Waals surface area contributed by atoms with Crippen LogP contribution in [0.4, 0.5) is 4.39 Å². The minimum atomic E-state index is -0.166. The number of alkyl halides is 1. The van der Waals surface area contributed by atoms with E-state index in [1.54, 1.807) is 6.07 Å². The monoisotopic (exact) mass is 290 g/mol. The van der Waals surface area contributed by atoms with E-state index in [1.165, 1.54) is 28.3 Å². The average Bonchev–Trinajstić information content (AvgIpc) is 2.39. The van der Waals surface area contributed by atoms with E-state index in [9.17, 15) is 4.39 Å². The Labute approximate surface area is 125 Å². The lowest BCUT2D eigenvalue weighted by atomic mass is 9.88. The van der Waals surface area contributed by atoms with E-state index in [2.05, 4.69) is 32.9 Å². The van der Waals surface area contributed by atoms with Gasteiger partial charge in [-0.1, -0.05) is 35.9 Å². The van der Waals surface area contributed by atoms with Gasteiger partial charge in [0.2, 0.25) is 0 Å². The van der Waals surface area contributed by atoms with Crippen LogP contribution >= 0.6 is 11.6 Å². The molecule has 2 heteroatoms. The maximum atomic E-state index is 13.9. The first-order valence-corrected chi connectivity index (χ1v) is 7.43. The Morgan fingerprint density at radius 2 is 1.65 bits per heavy atom. The van der Waals surface area contributed by atoms with Gasteiger partial charge in [-0.2, -0.15) is 0 Å². The molecule has 0 aliphatic heterocycles. The van der Waals surface area contributed by atoms with Crippen molar-refractivity contribution in [2.75, 3.05) is 5.88 Å². The maximum absolute atomic E-state index is 13.9. The van der Waals surface area contributed by atoms with Crippen LogP contribution in [0.15, 0.2) is 36.4 Å². The topological polar surface area (TPSA) is 0 Å². The SMILES string of the molecule is Cc1cc(C)c(CC(CCl)c2ccccc2F)c(C)c1. The third-order valence-corrected chi connectivity index (χ3v) is 4.19. The molecule has 1 unspecified atom stereocenters. The summed E-state index contributed by atoms with van der Waals surface area (Å²) in [6.07, 6.45) is 0.780. The smallest absolute Gasteiger partial charge is 0.126 e. The highest BCUT2D eigenvalue weighted by Gasteiger charge is 2.17. The molecule has 0 amide bonds. The number of hydrogen-bond acceptors (Lipinski definition) is 0. The van der Waals surface area contributed by atoms with Crippen LogP contribution in [0.5, 0.6) is 0 Å². The van der Waals surface area contributed by atoms with Gasteiger partial charge in [0.05, 0.1) is 0 Å². The molecule has 0 aliphatic carbocycles. The van der Waals surface area contributed by atoms with Crippen LogP contribution in [-0.2, 0) is 6.42 Å². The Morgan fingerprint density at radius 1 is 1.05 bits per heavy atom. The molecule has 0 saturated carbocycles. The third kappa shape index (κ3) is 3.21. The van der Waals surface area contributed by atoms with E-state index in [4.69, 9.17) is 11.6 Å². The van der Waals surface area contributed by atoms with Crippen LogP contribution in [-0.4, -0.2) is 5.88 Å². The first-order valence-electron chi connectivity index (χ1n) is 6.90. The van der Waals surface area contributed by atoms with Gasteiger partial charge in [0.25, 0.3) is 0 Å². The summed E-state index contributed by atoms with van der Waals surface area (Å²) >= 11 is 6.09. The molecule has 0 fully saturated rings. The van der Waals surface area contributed by atoms with Gasteiger partial charge >= 0.3 is 0 Å². The second-order valence-corrected chi connectivity index (χ2v) is 5.76. The van der Waals surface area contributed by atoms with Crippen molar-refractivity contribution in [3.05, 3.63) is 70.0 Å². The van der Waals surface area contributed by atoms with Crippen molar-refractivity contribution in [1.29, 1.82) is 0 Å². The highest BCUT2D eigenvalue weighted by atomic mass is 35.5. The Bertz CT molecular complexity index is 581. The van der Waals surface area contributed by atoms with Crippen molar-refractivity contribution in [2.24, 2.45) is 0 Å². The second kappa shape index (κ2) is 6.41. The van der Waals surface area contributed by atoms with E-state index in [0.29, 0.717) is 11.4 Å². The van der Waals surface area contributed by atoms with E-state index < -0.39 is 0 Å². The molecule has 2 rings (SSSR count). The van der Waals surface area contributed by atoms with E-state index in [-0.39, 0.29) is 11.7 Å². The lowest BCUT2D eigenvalue weighted by Gasteiger charge is -2.19. The number of rotatable bonds is 4. The Hall–Kier alpha value is -1.34. The van der Waals surface area contributed by atoms with Gasteiger partial charge in [-0.3, -0.25) is 0 Å². The molecule has 0 bridgehead atoms. The van der Waals surface area contributed by atoms with Gasteiger partial charge < -0.3 is 0 Å². The Morgan fingerprint density at radius 3 is 2.20 bits per heavy atom. The zero-order chi connectivity index (χ0) is 14.7. The molecular formula is C18H20ClF. The summed E-state index contributed by atoms with van der Waals surface area (Å²) in [6.45, 7) is 6.32. The minimum absolute atomic E-state index is 0.0120. The van der Waals surface area contributed by atoms with Gasteiger partial charge in [-0.05, 0) is 55.5 Å². The zero-order valence-corrected chi connectivity index (χ0v) is 13.0. The molecule has 0 saturated heterocycles. The fraction of sp³-hybridized carbons (Fsp3) is 0.333. The van der Waals surface area contributed by atoms with Gasteiger partial charge in [-0.25, -0.2) is 4.39 Å². The second-order valence-electron chi connectivity index (χ2n) is 5.45. The summed E-state index contributed by atoms with van der Waals surface area (Å²) in [5, 5.41) is 0. The van der Waals surface area contributed by atoms with Crippen LogP contribution in [0.25, 0.3) is 0 Å². The molecule has 106 valence electrons. The molecule has 0 heterocycles. The number of aryl methyl sites for hydroxylation is 3. The fourth-order valence-electron chi connectivity index (χ4n) is 2.83. The summed E-state index contributed by atoms with van der Waals surface area (Å²) in [5.74, 6) is 0.270. The summed E-state index contributed by atoms with van der Waals surface area (Å²) in [6, 6.07) is 11.3. The number of halogens is 2. The van der Waals surface area contributed by atoms with Crippen LogP contribution in [0.2, 0.25) is 0 Å². The molecule has 0 aromatic heterocycles. The summed E-state index contributed by atoms with van der Waals surface area (Å²) in [7, 11) is 0. The molecule has 0 spiro atoms. The molecule has 2 aromatic rings. The van der Waals surface area contributed by atoms with Crippen molar-refractivity contribution >= 4 is 11.6 Å². The molecule has 0 aliphatic rings. The quantitative estimate of drug-likeness (QED) is 0.669. The van der Waals surface area contributed by atoms with E-state index >= 15 is 0 Å². The molecule has 2 aromatic carbocycles. The largest absolute Gasteiger partial charge is 0.207 e. The normalized spacial score (nSPS) is 12.4. The number of benzene rings is 2. The van der Waals surface area contributed by atoms with Crippen molar-refractivity contribution in [3.63, 3.8) is 0 Å². The molecule has 0 nitrogen and oxygen atoms in total. The molecule has 1 atom stereocenters. The Balaban J connectivity index is 2.35. The van der Waals surface area contributed by atoms with Crippen LogP contribution < -0.4 is 0 Å². The lowest BCUT2D eigenvalue weighted by molar-refractivity contribution is 0.588. The third-order valence-electron chi connectivity index (χ3n) is 3.82. The van der Waals surface area contributed by atoms with E-state index in [0.717, 1.165) is 6.42 Å². The zero-order valence-electron chi connectivity index (χ0n) is 12.2. The molecule has 0 radical (unpaired) electrons. The van der Waals surface area contributed by atoms with Gasteiger partial charge in [0.1, 0.15) is 5.82 Å². The highest BCUT2D eigenvalue weighted by Crippen LogP contribution is 2.28. The van der Waals surface area contributed by atoms with Crippen LogP contribution in [0.1, 0.15) is 33.7 Å². The molecule has 0 N–H and O–H groups in total. The van der Waals surface area contributed by atoms with Crippen molar-refractivity contribution in [2.45, 2.75) is 33.1 Å². The maximum Gasteiger partial charge on any atom is 0.126 e. The summed E-state index contributed by atoms with van der Waals surface area (Å²) < 4.78 is 13.9. The predicted octanol–water partition coefficient (Wildman–Crippen LogP) is 5.32. The summed E-state index contributed by atoms with van der Waals surface area (Å²) in [4.78, 5) is 0. The fourth-order valence-corrected chi connectivity index (χ4v) is 3.11.